The van der Waals surface area contributed by atoms with Gasteiger partial charge in [-0.15, -0.1) is 0 Å². The van der Waals surface area contributed by atoms with Crippen LogP contribution in [0.25, 0.3) is 0 Å². The highest BCUT2D eigenvalue weighted by molar-refractivity contribution is 9.09. The summed E-state index contributed by atoms with van der Waals surface area (Å²) >= 11 is 10.0. The molecule has 0 aromatic carbocycles. The predicted octanol–water partition coefficient (Wildman–Crippen LogP) is 2.99. The van der Waals surface area contributed by atoms with Crippen molar-refractivity contribution in [2.24, 2.45) is 13.0 Å². The number of hydrogen-bond donors (Lipinski definition) is 0. The maximum atomic E-state index is 6.28. The molecule has 0 N–H and O–H groups in total. The van der Waals surface area contributed by atoms with Crippen molar-refractivity contribution in [1.29, 1.82) is 0 Å². The van der Waals surface area contributed by atoms with Gasteiger partial charge in [-0.3, -0.25) is 9.58 Å². The molecule has 2 rings (SSSR count). The second-order valence-electron chi connectivity index (χ2n) is 4.99. The van der Waals surface area contributed by atoms with Crippen molar-refractivity contribution in [2.45, 2.75) is 31.6 Å². The lowest BCUT2D eigenvalue weighted by Gasteiger charge is -2.34. The van der Waals surface area contributed by atoms with Crippen LogP contribution in [0.2, 0.25) is 5.02 Å². The van der Waals surface area contributed by atoms with Crippen LogP contribution in [-0.4, -0.2) is 32.6 Å². The van der Waals surface area contributed by atoms with Crippen LogP contribution in [0.4, 0.5) is 0 Å². The first kappa shape index (κ1) is 13.4. The first-order chi connectivity index (χ1) is 7.99. The number of alkyl halides is 1. The van der Waals surface area contributed by atoms with E-state index in [-0.39, 0.29) is 0 Å². The molecule has 1 aromatic rings. The molecule has 96 valence electrons. The molecule has 1 saturated heterocycles. The monoisotopic (exact) mass is 319 g/mol. The first-order valence-electron chi connectivity index (χ1n) is 6.03. The van der Waals surface area contributed by atoms with E-state index in [0.29, 0.717) is 4.83 Å². The molecule has 0 bridgehead atoms. The van der Waals surface area contributed by atoms with Gasteiger partial charge in [0, 0.05) is 25.0 Å². The summed E-state index contributed by atoms with van der Waals surface area (Å²) in [6.45, 7) is 7.38. The molecule has 1 aliphatic rings. The molecule has 2 unspecified atom stereocenters. The number of hydrogen-bond acceptors (Lipinski definition) is 2. The van der Waals surface area contributed by atoms with E-state index in [1.807, 2.05) is 18.7 Å². The maximum absolute atomic E-state index is 6.28. The summed E-state index contributed by atoms with van der Waals surface area (Å²) in [4.78, 5) is 3.03. The number of aromatic nitrogens is 2. The molecule has 0 amide bonds. The van der Waals surface area contributed by atoms with Gasteiger partial charge in [0.15, 0.2) is 0 Å². The fourth-order valence-corrected chi connectivity index (χ4v) is 3.19. The minimum Gasteiger partial charge on any atom is -0.296 e. The van der Waals surface area contributed by atoms with Crippen molar-refractivity contribution in [2.75, 3.05) is 13.1 Å². The molecule has 0 saturated carbocycles. The standard InChI is InChI=1S/C12H19BrClN3/c1-8-4-5-17(6-10(8)13)7-11-12(14)9(2)15-16(11)3/h8,10H,4-7H2,1-3H3. The highest BCUT2D eigenvalue weighted by Crippen LogP contribution is 2.26. The second-order valence-corrected chi connectivity index (χ2v) is 6.54. The topological polar surface area (TPSA) is 21.1 Å². The fourth-order valence-electron chi connectivity index (χ4n) is 2.29. The lowest BCUT2D eigenvalue weighted by atomic mass is 9.99. The zero-order chi connectivity index (χ0) is 12.6. The van der Waals surface area contributed by atoms with E-state index in [2.05, 4.69) is 32.9 Å². The number of rotatable bonds is 2. The van der Waals surface area contributed by atoms with Gasteiger partial charge in [-0.2, -0.15) is 5.10 Å². The normalized spacial score (nSPS) is 26.4. The quantitative estimate of drug-likeness (QED) is 0.781. The summed E-state index contributed by atoms with van der Waals surface area (Å²) in [7, 11) is 1.96. The Morgan fingerprint density at radius 1 is 1.53 bits per heavy atom. The van der Waals surface area contributed by atoms with E-state index in [9.17, 15) is 0 Å². The Balaban J connectivity index is 2.06. The van der Waals surface area contributed by atoms with Crippen LogP contribution >= 0.6 is 27.5 Å². The third kappa shape index (κ3) is 2.85. The van der Waals surface area contributed by atoms with Crippen LogP contribution in [0.15, 0.2) is 0 Å². The number of halogens is 2. The number of nitrogens with zero attached hydrogens (tertiary/aromatic N) is 3. The van der Waals surface area contributed by atoms with E-state index in [1.54, 1.807) is 0 Å². The fraction of sp³-hybridized carbons (Fsp3) is 0.750. The molecule has 2 heterocycles. The van der Waals surface area contributed by atoms with Crippen LogP contribution in [-0.2, 0) is 13.6 Å². The summed E-state index contributed by atoms with van der Waals surface area (Å²) in [5, 5.41) is 5.17. The van der Waals surface area contributed by atoms with Gasteiger partial charge in [-0.25, -0.2) is 0 Å². The Labute approximate surface area is 116 Å². The minimum absolute atomic E-state index is 0.587. The molecular formula is C12H19BrClN3. The molecular weight excluding hydrogens is 302 g/mol. The van der Waals surface area contributed by atoms with E-state index < -0.39 is 0 Å². The van der Waals surface area contributed by atoms with Crippen molar-refractivity contribution in [3.63, 3.8) is 0 Å². The lowest BCUT2D eigenvalue weighted by Crippen LogP contribution is -2.39. The van der Waals surface area contributed by atoms with Crippen molar-refractivity contribution in [3.05, 3.63) is 16.4 Å². The van der Waals surface area contributed by atoms with Gasteiger partial charge in [0.2, 0.25) is 0 Å². The number of piperidine rings is 1. The lowest BCUT2D eigenvalue weighted by molar-refractivity contribution is 0.190. The molecule has 3 nitrogen and oxygen atoms in total. The van der Waals surface area contributed by atoms with E-state index >= 15 is 0 Å². The molecule has 0 aliphatic carbocycles. The van der Waals surface area contributed by atoms with Gasteiger partial charge < -0.3 is 0 Å². The highest BCUT2D eigenvalue weighted by atomic mass is 79.9. The highest BCUT2D eigenvalue weighted by Gasteiger charge is 2.25. The summed E-state index contributed by atoms with van der Waals surface area (Å²) in [6.07, 6.45) is 1.24. The average Bonchev–Trinajstić information content (AvgIpc) is 2.50. The van der Waals surface area contributed by atoms with E-state index in [0.717, 1.165) is 42.0 Å². The average molecular weight is 321 g/mol. The summed E-state index contributed by atoms with van der Waals surface area (Å²) < 4.78 is 1.90. The molecule has 17 heavy (non-hydrogen) atoms. The Hall–Kier alpha value is -0.0600. The number of likely N-dealkylation sites (tertiary alicyclic amines) is 1. The molecule has 5 heteroatoms. The van der Waals surface area contributed by atoms with E-state index in [1.165, 1.54) is 6.42 Å². The molecule has 1 aromatic heterocycles. The van der Waals surface area contributed by atoms with Crippen LogP contribution < -0.4 is 0 Å². The SMILES string of the molecule is Cc1nn(C)c(CN2CCC(C)C(Br)C2)c1Cl. The third-order valence-electron chi connectivity index (χ3n) is 3.59. The summed E-state index contributed by atoms with van der Waals surface area (Å²) in [5.74, 6) is 0.759. The van der Waals surface area contributed by atoms with Gasteiger partial charge in [-0.1, -0.05) is 34.5 Å². The minimum atomic E-state index is 0.587. The van der Waals surface area contributed by atoms with E-state index in [4.69, 9.17) is 11.6 Å². The van der Waals surface area contributed by atoms with Crippen molar-refractivity contribution >= 4 is 27.5 Å². The molecule has 1 fully saturated rings. The third-order valence-corrected chi connectivity index (χ3v) is 5.27. The van der Waals surface area contributed by atoms with Gasteiger partial charge >= 0.3 is 0 Å². The smallest absolute Gasteiger partial charge is 0.0860 e. The second kappa shape index (κ2) is 5.29. The zero-order valence-electron chi connectivity index (χ0n) is 10.6. The molecule has 2 atom stereocenters. The Morgan fingerprint density at radius 3 is 2.76 bits per heavy atom. The predicted molar refractivity (Wildman–Crippen MR) is 74.7 cm³/mol. The first-order valence-corrected chi connectivity index (χ1v) is 7.32. The zero-order valence-corrected chi connectivity index (χ0v) is 12.9. The van der Waals surface area contributed by atoms with Gasteiger partial charge in [0.05, 0.1) is 16.4 Å². The van der Waals surface area contributed by atoms with Gasteiger partial charge in [-0.05, 0) is 25.8 Å². The Morgan fingerprint density at radius 2 is 2.24 bits per heavy atom. The van der Waals surface area contributed by atoms with Crippen LogP contribution in [0.5, 0.6) is 0 Å². The van der Waals surface area contributed by atoms with Crippen LogP contribution in [0.1, 0.15) is 24.7 Å². The van der Waals surface area contributed by atoms with Crippen molar-refractivity contribution in [1.82, 2.24) is 14.7 Å². The Kier molecular flexibility index (Phi) is 4.16. The van der Waals surface area contributed by atoms with Gasteiger partial charge in [0.1, 0.15) is 0 Å². The molecule has 0 radical (unpaired) electrons. The number of aryl methyl sites for hydroxylation is 2. The van der Waals surface area contributed by atoms with Crippen LogP contribution in [0, 0.1) is 12.8 Å². The van der Waals surface area contributed by atoms with Crippen molar-refractivity contribution in [3.8, 4) is 0 Å². The molecule has 0 spiro atoms. The Bertz CT molecular complexity index is 405. The van der Waals surface area contributed by atoms with Gasteiger partial charge in [0.25, 0.3) is 0 Å². The summed E-state index contributed by atoms with van der Waals surface area (Å²) in [5.41, 5.74) is 2.04. The van der Waals surface area contributed by atoms with Crippen LogP contribution in [0.3, 0.4) is 0 Å². The summed E-state index contributed by atoms with van der Waals surface area (Å²) in [6, 6.07) is 0. The molecule has 1 aliphatic heterocycles. The van der Waals surface area contributed by atoms with Crippen molar-refractivity contribution < 1.29 is 0 Å². The largest absolute Gasteiger partial charge is 0.296 e. The maximum Gasteiger partial charge on any atom is 0.0860 e.